The average molecular weight is 341 g/mol. The third-order valence-corrected chi connectivity index (χ3v) is 4.39. The molecule has 0 atom stereocenters. The van der Waals surface area contributed by atoms with Crippen molar-refractivity contribution in [3.8, 4) is 11.5 Å². The van der Waals surface area contributed by atoms with Gasteiger partial charge in [0.25, 0.3) is 0 Å². The lowest BCUT2D eigenvalue weighted by molar-refractivity contribution is -0.129. The molecule has 0 heterocycles. The molecule has 4 nitrogen and oxygen atoms in total. The van der Waals surface area contributed by atoms with Crippen LogP contribution in [0, 0.1) is 0 Å². The molecule has 0 spiro atoms. The van der Waals surface area contributed by atoms with Crippen LogP contribution in [0.15, 0.2) is 55.2 Å². The summed E-state index contributed by atoms with van der Waals surface area (Å²) in [7, 11) is 3.45. The molecule has 134 valence electrons. The van der Waals surface area contributed by atoms with E-state index in [0.717, 1.165) is 29.6 Å². The maximum absolute atomic E-state index is 12.0. The molecule has 0 radical (unpaired) electrons. The average Bonchev–Trinajstić information content (AvgIpc) is 2.62. The highest BCUT2D eigenvalue weighted by Crippen LogP contribution is 2.37. The zero-order valence-corrected chi connectivity index (χ0v) is 15.2. The summed E-state index contributed by atoms with van der Waals surface area (Å²) in [6.07, 6.45) is 4.42. The first kappa shape index (κ1) is 18.8. The fourth-order valence-electron chi connectivity index (χ4n) is 2.73. The highest BCUT2D eigenvalue weighted by atomic mass is 16.5. The second-order valence-electron chi connectivity index (χ2n) is 6.37. The molecular weight excluding hydrogens is 314 g/mol. The predicted molar refractivity (Wildman–Crippen MR) is 101 cm³/mol. The predicted octanol–water partition coefficient (Wildman–Crippen LogP) is 3.93. The molecule has 0 saturated heterocycles. The van der Waals surface area contributed by atoms with Gasteiger partial charge in [0.05, 0.1) is 7.11 Å². The number of likely N-dealkylation sites (N-methyl/N-ethyl adjacent to an activating group) is 1. The maximum Gasteiger partial charge on any atom is 0.222 e. The zero-order chi connectivity index (χ0) is 18.4. The van der Waals surface area contributed by atoms with E-state index in [9.17, 15) is 4.79 Å². The van der Waals surface area contributed by atoms with Crippen LogP contribution in [0.4, 0.5) is 0 Å². The molecule has 0 aliphatic heterocycles. The van der Waals surface area contributed by atoms with Crippen molar-refractivity contribution in [1.29, 1.82) is 0 Å². The maximum atomic E-state index is 12.0. The molecule has 0 aromatic heterocycles. The molecule has 1 aromatic rings. The number of hydrogen-bond acceptors (Lipinski definition) is 3. The molecular formula is C21H27NO3. The zero-order valence-electron chi connectivity index (χ0n) is 15.2. The molecule has 25 heavy (non-hydrogen) atoms. The molecule has 0 unspecified atom stereocenters. The second kappa shape index (κ2) is 8.56. The summed E-state index contributed by atoms with van der Waals surface area (Å²) < 4.78 is 11.4. The first-order valence-corrected chi connectivity index (χ1v) is 8.50. The molecule has 2 rings (SSSR count). The Morgan fingerprint density at radius 1 is 1.32 bits per heavy atom. The smallest absolute Gasteiger partial charge is 0.222 e. The summed E-state index contributed by atoms with van der Waals surface area (Å²) >= 11 is 0. The molecule has 1 aliphatic carbocycles. The fourth-order valence-corrected chi connectivity index (χ4v) is 2.73. The fraction of sp³-hybridized carbons (Fsp3) is 0.381. The van der Waals surface area contributed by atoms with E-state index in [1.807, 2.05) is 25.2 Å². The quantitative estimate of drug-likeness (QED) is 0.639. The van der Waals surface area contributed by atoms with Crippen LogP contribution in [0.5, 0.6) is 11.5 Å². The van der Waals surface area contributed by atoms with E-state index in [2.05, 4.69) is 19.7 Å². The van der Waals surface area contributed by atoms with Gasteiger partial charge in [0.2, 0.25) is 5.91 Å². The molecule has 1 amide bonds. The second-order valence-corrected chi connectivity index (χ2v) is 6.37. The Hall–Kier alpha value is -2.49. The Morgan fingerprint density at radius 3 is 2.64 bits per heavy atom. The number of methoxy groups -OCH3 is 1. The van der Waals surface area contributed by atoms with Crippen LogP contribution in [-0.4, -0.2) is 37.6 Å². The van der Waals surface area contributed by atoms with Gasteiger partial charge in [0, 0.05) is 20.0 Å². The van der Waals surface area contributed by atoms with Crippen molar-refractivity contribution >= 4 is 5.91 Å². The van der Waals surface area contributed by atoms with Crippen molar-refractivity contribution in [3.05, 3.63) is 60.7 Å². The van der Waals surface area contributed by atoms with Gasteiger partial charge in [-0.15, -0.1) is 6.58 Å². The van der Waals surface area contributed by atoms with Crippen molar-refractivity contribution in [1.82, 2.24) is 4.90 Å². The largest absolute Gasteiger partial charge is 0.493 e. The Kier molecular flexibility index (Phi) is 6.45. The lowest BCUT2D eigenvalue weighted by Gasteiger charge is -2.32. The van der Waals surface area contributed by atoms with Crippen LogP contribution in [0.25, 0.3) is 0 Å². The highest BCUT2D eigenvalue weighted by Gasteiger charge is 2.29. The minimum Gasteiger partial charge on any atom is -0.493 e. The SMILES string of the molecule is C=CCCC(=O)N(C)CCc1ccc(OC)c(OC2C(=C)CC2=C)c1. The Labute approximate surface area is 150 Å². The van der Waals surface area contributed by atoms with Gasteiger partial charge in [0.1, 0.15) is 6.10 Å². The first-order valence-electron chi connectivity index (χ1n) is 8.50. The topological polar surface area (TPSA) is 38.8 Å². The van der Waals surface area contributed by atoms with E-state index >= 15 is 0 Å². The molecule has 4 heteroatoms. The highest BCUT2D eigenvalue weighted by molar-refractivity contribution is 5.76. The van der Waals surface area contributed by atoms with E-state index in [0.29, 0.717) is 30.9 Å². The number of carbonyl (C=O) groups excluding carboxylic acids is 1. The number of rotatable bonds is 9. The lowest BCUT2D eigenvalue weighted by atomic mass is 9.85. The first-order chi connectivity index (χ1) is 12.0. The van der Waals surface area contributed by atoms with Crippen LogP contribution >= 0.6 is 0 Å². The molecule has 1 aliphatic rings. The Morgan fingerprint density at radius 2 is 2.04 bits per heavy atom. The van der Waals surface area contributed by atoms with Crippen LogP contribution in [0.3, 0.4) is 0 Å². The Balaban J connectivity index is 2.00. The number of benzene rings is 1. The minimum atomic E-state index is -0.132. The van der Waals surface area contributed by atoms with Gasteiger partial charge in [-0.3, -0.25) is 4.79 Å². The number of allylic oxidation sites excluding steroid dienone is 1. The standard InChI is InChI=1S/C21H27NO3/c1-6-7-8-20(23)22(4)12-11-17-9-10-18(24-5)19(14-17)25-21-15(2)13-16(21)3/h6,9-10,14,21H,1-3,7-8,11-13H2,4-5H3. The van der Waals surface area contributed by atoms with Crippen LogP contribution in [0.1, 0.15) is 24.8 Å². The van der Waals surface area contributed by atoms with Crippen molar-refractivity contribution < 1.29 is 14.3 Å². The molecule has 1 saturated carbocycles. The normalized spacial score (nSPS) is 14.0. The van der Waals surface area contributed by atoms with E-state index in [1.54, 1.807) is 18.1 Å². The molecule has 0 N–H and O–H groups in total. The van der Waals surface area contributed by atoms with Gasteiger partial charge in [0.15, 0.2) is 11.5 Å². The van der Waals surface area contributed by atoms with Gasteiger partial charge in [-0.25, -0.2) is 0 Å². The van der Waals surface area contributed by atoms with Gasteiger partial charge >= 0.3 is 0 Å². The lowest BCUT2D eigenvalue weighted by Crippen LogP contribution is -2.30. The van der Waals surface area contributed by atoms with Crippen molar-refractivity contribution in [3.63, 3.8) is 0 Å². The minimum absolute atomic E-state index is 0.131. The number of nitrogens with zero attached hydrogens (tertiary/aromatic N) is 1. The summed E-state index contributed by atoms with van der Waals surface area (Å²) in [5, 5.41) is 0. The summed E-state index contributed by atoms with van der Waals surface area (Å²) in [5.41, 5.74) is 3.16. The third kappa shape index (κ3) is 4.75. The van der Waals surface area contributed by atoms with Crippen molar-refractivity contribution in [2.45, 2.75) is 31.8 Å². The van der Waals surface area contributed by atoms with Crippen molar-refractivity contribution in [2.75, 3.05) is 20.7 Å². The number of amides is 1. The van der Waals surface area contributed by atoms with E-state index in [4.69, 9.17) is 9.47 Å². The van der Waals surface area contributed by atoms with E-state index in [1.165, 1.54) is 0 Å². The number of hydrogen-bond donors (Lipinski definition) is 0. The molecule has 0 bridgehead atoms. The summed E-state index contributed by atoms with van der Waals surface area (Å²) in [6, 6.07) is 5.87. The van der Waals surface area contributed by atoms with Gasteiger partial charge in [-0.05, 0) is 48.1 Å². The van der Waals surface area contributed by atoms with Gasteiger partial charge < -0.3 is 14.4 Å². The summed E-state index contributed by atoms with van der Waals surface area (Å²) in [6.45, 7) is 12.3. The summed E-state index contributed by atoms with van der Waals surface area (Å²) in [5.74, 6) is 1.51. The monoisotopic (exact) mass is 341 g/mol. The van der Waals surface area contributed by atoms with Crippen LogP contribution < -0.4 is 9.47 Å². The van der Waals surface area contributed by atoms with Crippen LogP contribution in [0.2, 0.25) is 0 Å². The third-order valence-electron chi connectivity index (χ3n) is 4.39. The molecule has 1 fully saturated rings. The van der Waals surface area contributed by atoms with Gasteiger partial charge in [-0.2, -0.15) is 0 Å². The number of carbonyl (C=O) groups is 1. The summed E-state index contributed by atoms with van der Waals surface area (Å²) in [4.78, 5) is 13.7. The van der Waals surface area contributed by atoms with E-state index in [-0.39, 0.29) is 12.0 Å². The van der Waals surface area contributed by atoms with Crippen molar-refractivity contribution in [2.24, 2.45) is 0 Å². The van der Waals surface area contributed by atoms with Gasteiger partial charge in [-0.1, -0.05) is 25.3 Å². The Bertz CT molecular complexity index is 664. The van der Waals surface area contributed by atoms with E-state index < -0.39 is 0 Å². The van der Waals surface area contributed by atoms with Crippen LogP contribution in [-0.2, 0) is 11.2 Å². The number of ether oxygens (including phenoxy) is 2. The molecule has 1 aromatic carbocycles.